The minimum Gasteiger partial charge on any atom is -0.491 e. The minimum atomic E-state index is -0.518. The van der Waals surface area contributed by atoms with Crippen molar-refractivity contribution in [2.75, 3.05) is 31.2 Å². The Bertz CT molecular complexity index is 415. The van der Waals surface area contributed by atoms with Crippen LogP contribution in [-0.4, -0.2) is 42.4 Å². The van der Waals surface area contributed by atoms with Gasteiger partial charge in [0.1, 0.15) is 18.5 Å². The Hall–Kier alpha value is -0.680. The first-order valence-electron chi connectivity index (χ1n) is 6.60. The molecule has 1 unspecified atom stereocenters. The van der Waals surface area contributed by atoms with Crippen molar-refractivity contribution in [2.45, 2.75) is 13.0 Å². The monoisotopic (exact) mass is 315 g/mol. The Balaban J connectivity index is 2.14. The van der Waals surface area contributed by atoms with Crippen LogP contribution in [-0.2, 0) is 0 Å². The van der Waals surface area contributed by atoms with Crippen molar-refractivity contribution in [3.8, 4) is 5.75 Å². The Labute approximate surface area is 130 Å². The molecule has 0 radical (unpaired) electrons. The predicted octanol–water partition coefficient (Wildman–Crippen LogP) is 2.90. The summed E-state index contributed by atoms with van der Waals surface area (Å²) in [4.78, 5) is 0. The van der Waals surface area contributed by atoms with Gasteiger partial charge in [0.05, 0.1) is 0 Å². The van der Waals surface area contributed by atoms with Crippen molar-refractivity contribution in [3.05, 3.63) is 41.4 Å². The van der Waals surface area contributed by atoms with Crippen LogP contribution in [0.2, 0.25) is 5.02 Å². The van der Waals surface area contributed by atoms with Crippen LogP contribution in [0, 0.1) is 6.92 Å². The number of halogens is 1. The van der Waals surface area contributed by atoms with E-state index >= 15 is 0 Å². The maximum atomic E-state index is 9.80. The summed E-state index contributed by atoms with van der Waals surface area (Å²) in [7, 11) is 0. The number of aliphatic hydroxyl groups is 1. The van der Waals surface area contributed by atoms with Crippen LogP contribution in [0.4, 0.5) is 0 Å². The highest BCUT2D eigenvalue weighted by atomic mass is 35.5. The van der Waals surface area contributed by atoms with E-state index < -0.39 is 6.10 Å². The number of thioether (sulfide) groups is 1. The summed E-state index contributed by atoms with van der Waals surface area (Å²) in [6.07, 6.45) is 1.37. The van der Waals surface area contributed by atoms with E-state index in [0.717, 1.165) is 34.4 Å². The van der Waals surface area contributed by atoms with Gasteiger partial charge < -0.3 is 15.2 Å². The highest BCUT2D eigenvalue weighted by Crippen LogP contribution is 2.20. The van der Waals surface area contributed by atoms with Crippen LogP contribution in [0.3, 0.4) is 0 Å². The maximum absolute atomic E-state index is 9.80. The molecular formula is C15H22ClNO2S. The first kappa shape index (κ1) is 17.4. The molecule has 3 nitrogen and oxygen atoms in total. The van der Waals surface area contributed by atoms with Crippen molar-refractivity contribution in [1.29, 1.82) is 0 Å². The number of benzene rings is 1. The first-order valence-corrected chi connectivity index (χ1v) is 8.13. The second kappa shape index (κ2) is 10.1. The smallest absolute Gasteiger partial charge is 0.119 e. The minimum absolute atomic E-state index is 0.272. The fourth-order valence-corrected chi connectivity index (χ4v) is 2.28. The van der Waals surface area contributed by atoms with Gasteiger partial charge in [-0.05, 0) is 30.7 Å². The van der Waals surface area contributed by atoms with Gasteiger partial charge in [-0.25, -0.2) is 0 Å². The van der Waals surface area contributed by atoms with E-state index in [9.17, 15) is 5.11 Å². The van der Waals surface area contributed by atoms with E-state index in [2.05, 4.69) is 11.9 Å². The van der Waals surface area contributed by atoms with Crippen LogP contribution >= 0.6 is 23.4 Å². The van der Waals surface area contributed by atoms with E-state index in [0.29, 0.717) is 6.54 Å². The SMILES string of the molecule is C=CCSCCNCC(O)COc1ccc(Cl)c(C)c1. The van der Waals surface area contributed by atoms with Gasteiger partial charge in [-0.1, -0.05) is 17.7 Å². The summed E-state index contributed by atoms with van der Waals surface area (Å²) in [5, 5.41) is 13.7. The summed E-state index contributed by atoms with van der Waals surface area (Å²) < 4.78 is 5.53. The third-order valence-corrected chi connectivity index (χ3v) is 4.00. The molecule has 1 atom stereocenters. The number of aryl methyl sites for hydroxylation is 1. The zero-order chi connectivity index (χ0) is 14.8. The van der Waals surface area contributed by atoms with E-state index in [1.165, 1.54) is 0 Å². The van der Waals surface area contributed by atoms with Crippen molar-refractivity contribution < 1.29 is 9.84 Å². The van der Waals surface area contributed by atoms with Crippen LogP contribution in [0.25, 0.3) is 0 Å². The lowest BCUT2D eigenvalue weighted by Gasteiger charge is -2.13. The molecule has 0 aliphatic heterocycles. The first-order chi connectivity index (χ1) is 9.63. The second-order valence-corrected chi connectivity index (χ2v) is 6.00. The summed E-state index contributed by atoms with van der Waals surface area (Å²) in [5.74, 6) is 2.70. The molecule has 0 bridgehead atoms. The number of nitrogens with one attached hydrogen (secondary N) is 1. The van der Waals surface area contributed by atoms with Gasteiger partial charge in [-0.2, -0.15) is 11.8 Å². The fourth-order valence-electron chi connectivity index (χ4n) is 1.54. The molecule has 0 heterocycles. The highest BCUT2D eigenvalue weighted by Gasteiger charge is 2.05. The largest absolute Gasteiger partial charge is 0.491 e. The molecule has 0 saturated carbocycles. The molecule has 20 heavy (non-hydrogen) atoms. The summed E-state index contributed by atoms with van der Waals surface area (Å²) in [6, 6.07) is 5.48. The van der Waals surface area contributed by atoms with Gasteiger partial charge in [0.2, 0.25) is 0 Å². The maximum Gasteiger partial charge on any atom is 0.119 e. The molecule has 2 N–H and O–H groups in total. The van der Waals surface area contributed by atoms with Gasteiger partial charge >= 0.3 is 0 Å². The van der Waals surface area contributed by atoms with Crippen molar-refractivity contribution in [1.82, 2.24) is 5.32 Å². The van der Waals surface area contributed by atoms with Crippen molar-refractivity contribution in [3.63, 3.8) is 0 Å². The van der Waals surface area contributed by atoms with Gasteiger partial charge in [-0.3, -0.25) is 0 Å². The molecule has 0 saturated heterocycles. The zero-order valence-corrected chi connectivity index (χ0v) is 13.3. The number of ether oxygens (including phenoxy) is 1. The molecule has 0 amide bonds. The summed E-state index contributed by atoms with van der Waals surface area (Å²) in [5.41, 5.74) is 0.969. The van der Waals surface area contributed by atoms with Gasteiger partial charge in [0.15, 0.2) is 0 Å². The molecule has 5 heteroatoms. The average molecular weight is 316 g/mol. The number of hydrogen-bond acceptors (Lipinski definition) is 4. The van der Waals surface area contributed by atoms with Gasteiger partial charge in [0.25, 0.3) is 0 Å². The Morgan fingerprint density at radius 3 is 3.05 bits per heavy atom. The van der Waals surface area contributed by atoms with Crippen LogP contribution < -0.4 is 10.1 Å². The predicted molar refractivity (Wildman–Crippen MR) is 88.1 cm³/mol. The highest BCUT2D eigenvalue weighted by molar-refractivity contribution is 7.99. The fraction of sp³-hybridized carbons (Fsp3) is 0.467. The third-order valence-electron chi connectivity index (χ3n) is 2.61. The summed E-state index contributed by atoms with van der Waals surface area (Å²) >= 11 is 7.75. The Morgan fingerprint density at radius 2 is 2.35 bits per heavy atom. The van der Waals surface area contributed by atoms with Gasteiger partial charge in [-0.15, -0.1) is 6.58 Å². The number of hydrogen-bond donors (Lipinski definition) is 2. The van der Waals surface area contributed by atoms with E-state index in [1.807, 2.05) is 30.8 Å². The van der Waals surface area contributed by atoms with E-state index in [1.54, 1.807) is 12.1 Å². The molecule has 0 aliphatic carbocycles. The standard InChI is InChI=1S/C15H22ClNO2S/c1-3-7-20-8-6-17-10-13(18)11-19-14-4-5-15(16)12(2)9-14/h3-5,9,13,17-18H,1,6-8,10-11H2,2H3. The molecule has 1 rings (SSSR count). The van der Waals surface area contributed by atoms with Crippen molar-refractivity contribution >= 4 is 23.4 Å². The van der Waals surface area contributed by atoms with Crippen LogP contribution in [0.15, 0.2) is 30.9 Å². The number of aliphatic hydroxyl groups excluding tert-OH is 1. The average Bonchev–Trinajstić information content (AvgIpc) is 2.44. The van der Waals surface area contributed by atoms with Crippen LogP contribution in [0.1, 0.15) is 5.56 Å². The Morgan fingerprint density at radius 1 is 1.55 bits per heavy atom. The normalized spacial score (nSPS) is 12.2. The quantitative estimate of drug-likeness (QED) is 0.514. The van der Waals surface area contributed by atoms with E-state index in [-0.39, 0.29) is 6.61 Å². The second-order valence-electron chi connectivity index (χ2n) is 4.44. The zero-order valence-electron chi connectivity index (χ0n) is 11.8. The van der Waals surface area contributed by atoms with Crippen molar-refractivity contribution in [2.24, 2.45) is 0 Å². The Kier molecular flexibility index (Phi) is 8.78. The molecule has 1 aromatic carbocycles. The molecule has 0 fully saturated rings. The number of rotatable bonds is 10. The van der Waals surface area contributed by atoms with E-state index in [4.69, 9.17) is 16.3 Å². The summed E-state index contributed by atoms with van der Waals surface area (Å²) in [6.45, 7) is 7.26. The lowest BCUT2D eigenvalue weighted by Crippen LogP contribution is -2.32. The molecule has 0 aliphatic rings. The lowest BCUT2D eigenvalue weighted by molar-refractivity contribution is 0.107. The third kappa shape index (κ3) is 7.20. The van der Waals surface area contributed by atoms with Gasteiger partial charge in [0, 0.05) is 29.6 Å². The van der Waals surface area contributed by atoms with Crippen LogP contribution in [0.5, 0.6) is 5.75 Å². The topological polar surface area (TPSA) is 41.5 Å². The molecule has 1 aromatic rings. The molecule has 0 spiro atoms. The lowest BCUT2D eigenvalue weighted by atomic mass is 10.2. The molecule has 0 aromatic heterocycles. The molecular weight excluding hydrogens is 294 g/mol. The molecule has 112 valence electrons.